The third-order valence-corrected chi connectivity index (χ3v) is 4.16. The highest BCUT2D eigenvalue weighted by Gasteiger charge is 2.19. The van der Waals surface area contributed by atoms with Gasteiger partial charge in [-0.2, -0.15) is 0 Å². The van der Waals surface area contributed by atoms with Gasteiger partial charge in [-0.25, -0.2) is 0 Å². The number of methoxy groups -OCH3 is 1. The second kappa shape index (κ2) is 10.6. The summed E-state index contributed by atoms with van der Waals surface area (Å²) in [6.45, 7) is 6.82. The molecule has 1 saturated carbocycles. The second-order valence-electron chi connectivity index (χ2n) is 6.24. The van der Waals surface area contributed by atoms with E-state index in [2.05, 4.69) is 41.4 Å². The van der Waals surface area contributed by atoms with Gasteiger partial charge >= 0.3 is 0 Å². The Morgan fingerprint density at radius 3 is 2.43 bits per heavy atom. The summed E-state index contributed by atoms with van der Waals surface area (Å²) in [5.74, 6) is 0.843. The van der Waals surface area contributed by atoms with Crippen molar-refractivity contribution in [2.75, 3.05) is 40.8 Å². The second-order valence-corrected chi connectivity index (χ2v) is 6.24. The molecule has 0 atom stereocenters. The molecule has 0 amide bonds. The van der Waals surface area contributed by atoms with Gasteiger partial charge in [0.25, 0.3) is 0 Å². The van der Waals surface area contributed by atoms with Crippen LogP contribution in [0.3, 0.4) is 0 Å². The standard InChI is InChI=1S/C15H32N4O.HI/c1-15(2,20-5)12-18-14(16-3)17-10-11-19(4)13-8-6-7-9-13;/h13H,6-12H2,1-5H3,(H2,16,17,18);1H. The highest BCUT2D eigenvalue weighted by atomic mass is 127. The molecular formula is C15H33IN4O. The summed E-state index contributed by atoms with van der Waals surface area (Å²) in [6.07, 6.45) is 5.48. The van der Waals surface area contributed by atoms with E-state index in [0.717, 1.165) is 31.6 Å². The number of ether oxygens (including phenoxy) is 1. The summed E-state index contributed by atoms with van der Waals surface area (Å²) in [5, 5.41) is 6.66. The van der Waals surface area contributed by atoms with Gasteiger partial charge in [0.2, 0.25) is 0 Å². The van der Waals surface area contributed by atoms with Crippen molar-refractivity contribution in [1.82, 2.24) is 15.5 Å². The smallest absolute Gasteiger partial charge is 0.191 e. The Hall–Kier alpha value is -0.0800. The van der Waals surface area contributed by atoms with E-state index in [9.17, 15) is 0 Å². The van der Waals surface area contributed by atoms with Gasteiger partial charge in [0.1, 0.15) is 0 Å². The molecule has 126 valence electrons. The zero-order valence-electron chi connectivity index (χ0n) is 14.2. The maximum atomic E-state index is 5.39. The number of rotatable bonds is 7. The number of nitrogens with zero attached hydrogens (tertiary/aromatic N) is 2. The maximum Gasteiger partial charge on any atom is 0.191 e. The Morgan fingerprint density at radius 1 is 1.29 bits per heavy atom. The van der Waals surface area contributed by atoms with E-state index in [0.29, 0.717) is 0 Å². The third kappa shape index (κ3) is 8.21. The number of likely N-dealkylation sites (N-methyl/N-ethyl adjacent to an activating group) is 1. The van der Waals surface area contributed by atoms with Gasteiger partial charge in [0.15, 0.2) is 5.96 Å². The quantitative estimate of drug-likeness (QED) is 0.382. The molecule has 6 heteroatoms. The Labute approximate surface area is 147 Å². The summed E-state index contributed by atoms with van der Waals surface area (Å²) in [6, 6.07) is 0.777. The van der Waals surface area contributed by atoms with Crippen molar-refractivity contribution in [3.05, 3.63) is 0 Å². The third-order valence-electron chi connectivity index (χ3n) is 4.16. The van der Waals surface area contributed by atoms with Crippen LogP contribution in [0.4, 0.5) is 0 Å². The van der Waals surface area contributed by atoms with E-state index in [-0.39, 0.29) is 29.6 Å². The summed E-state index contributed by atoms with van der Waals surface area (Å²) in [5.41, 5.74) is -0.182. The van der Waals surface area contributed by atoms with Crippen LogP contribution in [-0.2, 0) is 4.74 Å². The first-order valence-corrected chi connectivity index (χ1v) is 7.68. The van der Waals surface area contributed by atoms with Crippen LogP contribution < -0.4 is 10.6 Å². The summed E-state index contributed by atoms with van der Waals surface area (Å²) < 4.78 is 5.39. The van der Waals surface area contributed by atoms with Crippen LogP contribution >= 0.6 is 24.0 Å². The van der Waals surface area contributed by atoms with Crippen molar-refractivity contribution in [3.63, 3.8) is 0 Å². The minimum Gasteiger partial charge on any atom is -0.377 e. The van der Waals surface area contributed by atoms with Crippen LogP contribution in [0.15, 0.2) is 4.99 Å². The van der Waals surface area contributed by atoms with Crippen LogP contribution in [0.5, 0.6) is 0 Å². The van der Waals surface area contributed by atoms with Crippen LogP contribution in [0.1, 0.15) is 39.5 Å². The number of hydrogen-bond donors (Lipinski definition) is 2. The number of nitrogens with one attached hydrogen (secondary N) is 2. The highest BCUT2D eigenvalue weighted by Crippen LogP contribution is 2.21. The monoisotopic (exact) mass is 412 g/mol. The fraction of sp³-hybridized carbons (Fsp3) is 0.933. The van der Waals surface area contributed by atoms with E-state index >= 15 is 0 Å². The molecule has 0 aromatic heterocycles. The average Bonchev–Trinajstić information content (AvgIpc) is 2.96. The normalized spacial score (nSPS) is 17.0. The Balaban J connectivity index is 0.00000400. The SMILES string of the molecule is CN=C(NCCN(C)C1CCCC1)NCC(C)(C)OC.I. The minimum atomic E-state index is -0.182. The lowest BCUT2D eigenvalue weighted by Crippen LogP contribution is -2.47. The van der Waals surface area contributed by atoms with Crippen molar-refractivity contribution in [3.8, 4) is 0 Å². The Kier molecular flexibility index (Phi) is 10.6. The molecule has 0 heterocycles. The van der Waals surface area contributed by atoms with Crippen LogP contribution in [0, 0.1) is 0 Å². The molecule has 0 saturated heterocycles. The highest BCUT2D eigenvalue weighted by molar-refractivity contribution is 14.0. The van der Waals surface area contributed by atoms with Gasteiger partial charge < -0.3 is 20.3 Å². The fourth-order valence-corrected chi connectivity index (χ4v) is 2.47. The summed E-state index contributed by atoms with van der Waals surface area (Å²) in [7, 11) is 5.76. The van der Waals surface area contributed by atoms with Gasteiger partial charge in [0.05, 0.1) is 5.60 Å². The van der Waals surface area contributed by atoms with E-state index in [1.54, 1.807) is 14.2 Å². The van der Waals surface area contributed by atoms with Crippen molar-refractivity contribution in [2.24, 2.45) is 4.99 Å². The molecule has 0 unspecified atom stereocenters. The molecule has 0 spiro atoms. The van der Waals surface area contributed by atoms with Gasteiger partial charge in [-0.1, -0.05) is 12.8 Å². The van der Waals surface area contributed by atoms with Gasteiger partial charge in [0, 0.05) is 39.8 Å². The molecule has 1 aliphatic carbocycles. The van der Waals surface area contributed by atoms with E-state index in [4.69, 9.17) is 4.74 Å². The first-order chi connectivity index (χ1) is 9.48. The molecule has 21 heavy (non-hydrogen) atoms. The lowest BCUT2D eigenvalue weighted by molar-refractivity contribution is 0.0268. The first-order valence-electron chi connectivity index (χ1n) is 7.68. The molecular weight excluding hydrogens is 379 g/mol. The largest absolute Gasteiger partial charge is 0.377 e. The molecule has 0 radical (unpaired) electrons. The zero-order valence-corrected chi connectivity index (χ0v) is 16.6. The predicted molar refractivity (Wildman–Crippen MR) is 101 cm³/mol. The first kappa shape index (κ1) is 20.9. The van der Waals surface area contributed by atoms with Gasteiger partial charge in [-0.05, 0) is 33.7 Å². The van der Waals surface area contributed by atoms with E-state index < -0.39 is 0 Å². The lowest BCUT2D eigenvalue weighted by Gasteiger charge is -2.26. The number of hydrogen-bond acceptors (Lipinski definition) is 3. The topological polar surface area (TPSA) is 48.9 Å². The average molecular weight is 412 g/mol. The molecule has 5 nitrogen and oxygen atoms in total. The summed E-state index contributed by atoms with van der Waals surface area (Å²) in [4.78, 5) is 6.70. The van der Waals surface area contributed by atoms with Crippen LogP contribution in [-0.4, -0.2) is 63.3 Å². The van der Waals surface area contributed by atoms with Crippen LogP contribution in [0.25, 0.3) is 0 Å². The van der Waals surface area contributed by atoms with E-state index in [1.807, 2.05) is 0 Å². The lowest BCUT2D eigenvalue weighted by atomic mass is 10.1. The maximum absolute atomic E-state index is 5.39. The van der Waals surface area contributed by atoms with Gasteiger partial charge in [-0.15, -0.1) is 24.0 Å². The molecule has 1 rings (SSSR count). The van der Waals surface area contributed by atoms with Crippen molar-refractivity contribution < 1.29 is 4.74 Å². The molecule has 1 fully saturated rings. The minimum absolute atomic E-state index is 0. The Morgan fingerprint density at radius 2 is 1.90 bits per heavy atom. The number of halogens is 1. The molecule has 2 N–H and O–H groups in total. The zero-order chi connectivity index (χ0) is 15.0. The molecule has 0 aliphatic heterocycles. The number of guanidine groups is 1. The molecule has 0 bridgehead atoms. The molecule has 1 aliphatic rings. The van der Waals surface area contributed by atoms with Crippen LogP contribution in [0.2, 0.25) is 0 Å². The number of aliphatic imine (C=N–C) groups is 1. The van der Waals surface area contributed by atoms with Crippen molar-refractivity contribution >= 4 is 29.9 Å². The predicted octanol–water partition coefficient (Wildman–Crippen LogP) is 2.07. The summed E-state index contributed by atoms with van der Waals surface area (Å²) >= 11 is 0. The Bertz CT molecular complexity index is 304. The fourth-order valence-electron chi connectivity index (χ4n) is 2.47. The van der Waals surface area contributed by atoms with Crippen molar-refractivity contribution in [1.29, 1.82) is 0 Å². The molecule has 0 aromatic rings. The van der Waals surface area contributed by atoms with Crippen molar-refractivity contribution in [2.45, 2.75) is 51.2 Å². The van der Waals surface area contributed by atoms with Gasteiger partial charge in [-0.3, -0.25) is 4.99 Å². The molecule has 0 aromatic carbocycles. The van der Waals surface area contributed by atoms with E-state index in [1.165, 1.54) is 25.7 Å².